The Kier molecular flexibility index (Phi) is 6.68. The van der Waals surface area contributed by atoms with E-state index >= 15 is 0 Å². The van der Waals surface area contributed by atoms with Crippen LogP contribution in [0.4, 0.5) is 8.78 Å². The summed E-state index contributed by atoms with van der Waals surface area (Å²) >= 11 is 0. The molecule has 2 aromatic rings. The number of benzene rings is 2. The zero-order valence-corrected chi connectivity index (χ0v) is 16.9. The van der Waals surface area contributed by atoms with Crippen LogP contribution in [0.2, 0.25) is 0 Å². The average Bonchev–Trinajstić information content (AvgIpc) is 2.70. The second kappa shape index (κ2) is 8.99. The second-order valence-electron chi connectivity index (χ2n) is 8.25. The third-order valence-corrected chi connectivity index (χ3v) is 6.58. The van der Waals surface area contributed by atoms with Crippen LogP contribution in [0.3, 0.4) is 0 Å². The fourth-order valence-corrected chi connectivity index (χ4v) is 4.63. The normalized spacial score (nSPS) is 21.2. The first-order valence-corrected chi connectivity index (χ1v) is 10.6. The number of hydrogen-bond donors (Lipinski definition) is 0. The molecule has 0 saturated heterocycles. The monoisotopic (exact) mass is 370 g/mol. The van der Waals surface area contributed by atoms with Crippen LogP contribution in [0.5, 0.6) is 0 Å². The molecule has 0 nitrogen and oxygen atoms in total. The Labute approximate surface area is 163 Å². The Hall–Kier alpha value is -1.70. The van der Waals surface area contributed by atoms with Gasteiger partial charge in [-0.25, -0.2) is 8.78 Å². The second-order valence-corrected chi connectivity index (χ2v) is 8.25. The number of hydrogen-bond acceptors (Lipinski definition) is 0. The number of aryl methyl sites for hydroxylation is 1. The Balaban J connectivity index is 1.80. The predicted molar refractivity (Wildman–Crippen MR) is 110 cm³/mol. The highest BCUT2D eigenvalue weighted by molar-refractivity contribution is 5.65. The van der Waals surface area contributed by atoms with Gasteiger partial charge >= 0.3 is 0 Å². The van der Waals surface area contributed by atoms with Crippen molar-refractivity contribution < 1.29 is 8.78 Å². The van der Waals surface area contributed by atoms with Gasteiger partial charge in [0.25, 0.3) is 0 Å². The summed E-state index contributed by atoms with van der Waals surface area (Å²) in [7, 11) is 0. The molecule has 1 aliphatic carbocycles. The molecule has 0 aromatic heterocycles. The van der Waals surface area contributed by atoms with Gasteiger partial charge in [0.05, 0.1) is 0 Å². The molecule has 2 aromatic carbocycles. The molecule has 1 atom stereocenters. The summed E-state index contributed by atoms with van der Waals surface area (Å²) in [6.45, 7) is 6.45. The van der Waals surface area contributed by atoms with E-state index in [1.807, 2.05) is 30.3 Å². The van der Waals surface area contributed by atoms with E-state index in [4.69, 9.17) is 0 Å². The molecule has 1 saturated carbocycles. The van der Waals surface area contributed by atoms with Gasteiger partial charge in [0.15, 0.2) is 11.6 Å². The molecule has 146 valence electrons. The zero-order chi connectivity index (χ0) is 19.4. The maximum absolute atomic E-state index is 14.9. The largest absolute Gasteiger partial charge is 0.203 e. The van der Waals surface area contributed by atoms with Gasteiger partial charge in [-0.05, 0) is 53.7 Å². The minimum absolute atomic E-state index is 0.0679. The molecule has 0 radical (unpaired) electrons. The van der Waals surface area contributed by atoms with Gasteiger partial charge < -0.3 is 0 Å². The van der Waals surface area contributed by atoms with Crippen molar-refractivity contribution in [1.82, 2.24) is 0 Å². The van der Waals surface area contributed by atoms with Gasteiger partial charge in [0.2, 0.25) is 0 Å². The van der Waals surface area contributed by atoms with Crippen LogP contribution in [0.15, 0.2) is 36.4 Å². The lowest BCUT2D eigenvalue weighted by Gasteiger charge is -2.32. The third-order valence-electron chi connectivity index (χ3n) is 6.58. The summed E-state index contributed by atoms with van der Waals surface area (Å²) in [5, 5.41) is 0. The summed E-state index contributed by atoms with van der Waals surface area (Å²) in [5.41, 5.74) is 2.88. The topological polar surface area (TPSA) is 0 Å². The van der Waals surface area contributed by atoms with Crippen molar-refractivity contribution in [3.8, 4) is 11.1 Å². The standard InChI is InChI=1S/C25H32F2/c1-4-6-19-9-13-21(14-10-19)23-16-15-22(24(26)25(23)27)17(3)20-11-7-18(5-2)8-12-20/h9-10,13-18,20H,4-8,11-12H2,1-3H3. The molecule has 27 heavy (non-hydrogen) atoms. The fraction of sp³-hybridized carbons (Fsp3) is 0.520. The van der Waals surface area contributed by atoms with Crippen molar-refractivity contribution in [2.24, 2.45) is 11.8 Å². The lowest BCUT2D eigenvalue weighted by molar-refractivity contribution is 0.242. The van der Waals surface area contributed by atoms with Crippen LogP contribution in [0.1, 0.15) is 76.3 Å². The third kappa shape index (κ3) is 4.42. The van der Waals surface area contributed by atoms with Crippen molar-refractivity contribution in [3.05, 3.63) is 59.2 Å². The Morgan fingerprint density at radius 2 is 1.56 bits per heavy atom. The van der Waals surface area contributed by atoms with E-state index in [0.29, 0.717) is 17.0 Å². The van der Waals surface area contributed by atoms with Gasteiger partial charge in [-0.3, -0.25) is 0 Å². The maximum Gasteiger partial charge on any atom is 0.166 e. The lowest BCUT2D eigenvalue weighted by atomic mass is 9.73. The number of halogens is 2. The highest BCUT2D eigenvalue weighted by Crippen LogP contribution is 2.40. The van der Waals surface area contributed by atoms with E-state index in [1.54, 1.807) is 6.07 Å². The van der Waals surface area contributed by atoms with E-state index in [2.05, 4.69) is 20.8 Å². The zero-order valence-electron chi connectivity index (χ0n) is 16.9. The molecular formula is C25H32F2. The van der Waals surface area contributed by atoms with Crippen LogP contribution >= 0.6 is 0 Å². The van der Waals surface area contributed by atoms with Gasteiger partial charge in [0.1, 0.15) is 0 Å². The van der Waals surface area contributed by atoms with Crippen LogP contribution in [0, 0.1) is 23.5 Å². The molecule has 1 unspecified atom stereocenters. The molecule has 1 fully saturated rings. The first-order valence-electron chi connectivity index (χ1n) is 10.6. The Morgan fingerprint density at radius 3 is 2.15 bits per heavy atom. The van der Waals surface area contributed by atoms with Crippen LogP contribution in [-0.4, -0.2) is 0 Å². The minimum Gasteiger partial charge on any atom is -0.203 e. The highest BCUT2D eigenvalue weighted by atomic mass is 19.2. The summed E-state index contributed by atoms with van der Waals surface area (Å²) in [6.07, 6.45) is 8.01. The van der Waals surface area contributed by atoms with Gasteiger partial charge in [-0.2, -0.15) is 0 Å². The quantitative estimate of drug-likeness (QED) is 0.484. The van der Waals surface area contributed by atoms with Gasteiger partial charge in [-0.15, -0.1) is 0 Å². The average molecular weight is 371 g/mol. The molecule has 2 heteroatoms. The Morgan fingerprint density at radius 1 is 0.889 bits per heavy atom. The van der Waals surface area contributed by atoms with Crippen molar-refractivity contribution >= 4 is 0 Å². The van der Waals surface area contributed by atoms with E-state index in [1.165, 1.54) is 24.8 Å². The summed E-state index contributed by atoms with van der Waals surface area (Å²) in [6, 6.07) is 11.4. The van der Waals surface area contributed by atoms with E-state index in [9.17, 15) is 8.78 Å². The van der Waals surface area contributed by atoms with Gasteiger partial charge in [0, 0.05) is 5.56 Å². The van der Waals surface area contributed by atoms with Crippen LogP contribution < -0.4 is 0 Å². The Bertz CT molecular complexity index is 740. The maximum atomic E-state index is 14.9. The molecule has 1 aliphatic rings. The molecular weight excluding hydrogens is 338 g/mol. The van der Waals surface area contributed by atoms with Crippen molar-refractivity contribution in [2.45, 2.75) is 71.6 Å². The number of rotatable bonds is 6. The van der Waals surface area contributed by atoms with Crippen molar-refractivity contribution in [3.63, 3.8) is 0 Å². The minimum atomic E-state index is -0.704. The predicted octanol–water partition coefficient (Wildman–Crippen LogP) is 7.90. The van der Waals surface area contributed by atoms with E-state index in [0.717, 1.165) is 37.2 Å². The molecule has 3 rings (SSSR count). The van der Waals surface area contributed by atoms with Crippen molar-refractivity contribution in [2.75, 3.05) is 0 Å². The summed E-state index contributed by atoms with van der Waals surface area (Å²) < 4.78 is 29.8. The molecule has 0 amide bonds. The van der Waals surface area contributed by atoms with Gasteiger partial charge in [-0.1, -0.05) is 82.9 Å². The van der Waals surface area contributed by atoms with Crippen LogP contribution in [-0.2, 0) is 6.42 Å². The van der Waals surface area contributed by atoms with E-state index in [-0.39, 0.29) is 5.92 Å². The van der Waals surface area contributed by atoms with E-state index < -0.39 is 11.6 Å². The first-order chi connectivity index (χ1) is 13.0. The highest BCUT2D eigenvalue weighted by Gasteiger charge is 2.28. The smallest absolute Gasteiger partial charge is 0.166 e. The molecule has 0 aliphatic heterocycles. The molecule has 0 heterocycles. The van der Waals surface area contributed by atoms with Crippen LogP contribution in [0.25, 0.3) is 11.1 Å². The lowest BCUT2D eigenvalue weighted by Crippen LogP contribution is -2.19. The SMILES string of the molecule is CCCc1ccc(-c2ccc(C(C)C3CCC(CC)CC3)c(F)c2F)cc1. The molecule has 0 N–H and O–H groups in total. The van der Waals surface area contributed by atoms with Crippen molar-refractivity contribution in [1.29, 1.82) is 0 Å². The first kappa shape index (κ1) is 20.0. The molecule has 0 bridgehead atoms. The molecule has 0 spiro atoms. The summed E-state index contributed by atoms with van der Waals surface area (Å²) in [5.74, 6) is -0.0210. The fourth-order valence-electron chi connectivity index (χ4n) is 4.63. The summed E-state index contributed by atoms with van der Waals surface area (Å²) in [4.78, 5) is 0.